The molecule has 9 heteroatoms. The number of hydrogen-bond donors (Lipinski definition) is 2. The number of carbonyl (C=O) groups excluding carboxylic acids is 2. The van der Waals surface area contributed by atoms with E-state index in [1.807, 2.05) is 30.3 Å². The number of nitrogens with one attached hydrogen (secondary N) is 2. The number of furan rings is 1. The average molecular weight is 411 g/mol. The van der Waals surface area contributed by atoms with Gasteiger partial charge in [0.05, 0.1) is 11.5 Å². The van der Waals surface area contributed by atoms with E-state index in [1.165, 1.54) is 11.8 Å². The topological polar surface area (TPSA) is 102 Å². The maximum absolute atomic E-state index is 12.4. The molecule has 2 N–H and O–H groups in total. The van der Waals surface area contributed by atoms with Gasteiger partial charge in [0.15, 0.2) is 10.9 Å². The molecule has 0 aliphatic heterocycles. The predicted molar refractivity (Wildman–Crippen MR) is 110 cm³/mol. The third-order valence-electron chi connectivity index (χ3n) is 3.95. The number of allylic oxidation sites excluding steroid dienone is 1. The maximum atomic E-state index is 12.4. The third-order valence-corrected chi connectivity index (χ3v) is 5.03. The lowest BCUT2D eigenvalue weighted by Gasteiger charge is -2.12. The molecule has 29 heavy (non-hydrogen) atoms. The van der Waals surface area contributed by atoms with Crippen molar-refractivity contribution in [3.63, 3.8) is 0 Å². The summed E-state index contributed by atoms with van der Waals surface area (Å²) in [6, 6.07) is 12.5. The zero-order valence-corrected chi connectivity index (χ0v) is 16.7. The molecular formula is C20H21N5O3S. The second-order valence-corrected chi connectivity index (χ2v) is 7.41. The van der Waals surface area contributed by atoms with Crippen LogP contribution in [0.2, 0.25) is 0 Å². The number of nitrogens with zero attached hydrogens (tertiary/aromatic N) is 3. The summed E-state index contributed by atoms with van der Waals surface area (Å²) in [7, 11) is 0. The van der Waals surface area contributed by atoms with Gasteiger partial charge in [-0.05, 0) is 24.6 Å². The minimum absolute atomic E-state index is 0.335. The highest BCUT2D eigenvalue weighted by atomic mass is 32.2. The largest absolute Gasteiger partial charge is 0.461 e. The van der Waals surface area contributed by atoms with Crippen LogP contribution < -0.4 is 10.6 Å². The van der Waals surface area contributed by atoms with Gasteiger partial charge in [0, 0.05) is 13.1 Å². The van der Waals surface area contributed by atoms with Crippen LogP contribution in [0.3, 0.4) is 0 Å². The number of hydrogen-bond acceptors (Lipinski definition) is 6. The summed E-state index contributed by atoms with van der Waals surface area (Å²) in [6.45, 7) is 6.24. The van der Waals surface area contributed by atoms with Crippen LogP contribution >= 0.6 is 11.8 Å². The number of thioether (sulfide) groups is 1. The van der Waals surface area contributed by atoms with E-state index in [0.29, 0.717) is 29.8 Å². The highest BCUT2D eigenvalue weighted by Crippen LogP contribution is 2.27. The summed E-state index contributed by atoms with van der Waals surface area (Å²) in [5, 5.41) is 13.3. The van der Waals surface area contributed by atoms with E-state index in [1.54, 1.807) is 36.0 Å². The monoisotopic (exact) mass is 411 g/mol. The van der Waals surface area contributed by atoms with Crippen molar-refractivity contribution in [1.29, 1.82) is 0 Å². The molecular weight excluding hydrogens is 390 g/mol. The van der Waals surface area contributed by atoms with Gasteiger partial charge in [0.25, 0.3) is 0 Å². The molecule has 1 unspecified atom stereocenters. The van der Waals surface area contributed by atoms with E-state index < -0.39 is 17.2 Å². The molecule has 0 aliphatic carbocycles. The van der Waals surface area contributed by atoms with Gasteiger partial charge >= 0.3 is 6.03 Å². The second-order valence-electron chi connectivity index (χ2n) is 6.10. The van der Waals surface area contributed by atoms with Crippen molar-refractivity contribution in [2.45, 2.75) is 30.4 Å². The molecule has 0 aliphatic rings. The molecule has 2 aromatic heterocycles. The molecule has 0 radical (unpaired) electrons. The Bertz CT molecular complexity index is 969. The molecule has 3 amide bonds. The van der Waals surface area contributed by atoms with E-state index in [9.17, 15) is 9.59 Å². The number of imide groups is 1. The molecule has 0 spiro atoms. The normalized spacial score (nSPS) is 11.6. The Balaban J connectivity index is 1.59. The summed E-state index contributed by atoms with van der Waals surface area (Å²) < 4.78 is 7.19. The standard InChI is InChI=1S/C20H21N5O3S/c1-3-11-25-17(16-10-7-12-28-16)23-24-20(25)29-14(2)18(26)22-19(27)21-13-15-8-5-4-6-9-15/h3-10,12,14H,1,11,13H2,2H3,(H2,21,22,26,27). The van der Waals surface area contributed by atoms with Crippen LogP contribution in [0.4, 0.5) is 4.79 Å². The van der Waals surface area contributed by atoms with Crippen LogP contribution in [0.15, 0.2) is 71.0 Å². The lowest BCUT2D eigenvalue weighted by molar-refractivity contribution is -0.119. The molecule has 0 saturated carbocycles. The number of aromatic nitrogens is 3. The molecule has 150 valence electrons. The van der Waals surface area contributed by atoms with Crippen molar-refractivity contribution in [3.05, 3.63) is 66.9 Å². The SMILES string of the molecule is C=CCn1c(SC(C)C(=O)NC(=O)NCc2ccccc2)nnc1-c1ccco1. The number of benzene rings is 1. The van der Waals surface area contributed by atoms with Crippen LogP contribution in [0.1, 0.15) is 12.5 Å². The van der Waals surface area contributed by atoms with Crippen LogP contribution in [0.5, 0.6) is 0 Å². The zero-order chi connectivity index (χ0) is 20.6. The molecule has 3 rings (SSSR count). The molecule has 1 atom stereocenters. The van der Waals surface area contributed by atoms with E-state index in [2.05, 4.69) is 27.4 Å². The first-order chi connectivity index (χ1) is 14.1. The molecule has 2 heterocycles. The lowest BCUT2D eigenvalue weighted by Crippen LogP contribution is -2.42. The van der Waals surface area contributed by atoms with Gasteiger partial charge in [-0.15, -0.1) is 16.8 Å². The number of carbonyl (C=O) groups is 2. The highest BCUT2D eigenvalue weighted by molar-refractivity contribution is 8.00. The fourth-order valence-electron chi connectivity index (χ4n) is 2.51. The Morgan fingerprint density at radius 2 is 2.03 bits per heavy atom. The Morgan fingerprint density at radius 3 is 2.72 bits per heavy atom. The van der Waals surface area contributed by atoms with Gasteiger partial charge in [-0.2, -0.15) is 0 Å². The Labute approximate surface area is 172 Å². The number of urea groups is 1. The van der Waals surface area contributed by atoms with E-state index >= 15 is 0 Å². The maximum Gasteiger partial charge on any atom is 0.321 e. The molecule has 8 nitrogen and oxygen atoms in total. The third kappa shape index (κ3) is 5.35. The molecule has 0 bridgehead atoms. The van der Waals surface area contributed by atoms with E-state index in [0.717, 1.165) is 5.56 Å². The first-order valence-electron chi connectivity index (χ1n) is 8.95. The summed E-state index contributed by atoms with van der Waals surface area (Å²) in [6.07, 6.45) is 3.26. The first kappa shape index (κ1) is 20.4. The van der Waals surface area contributed by atoms with Gasteiger partial charge in [0.2, 0.25) is 11.7 Å². The van der Waals surface area contributed by atoms with Gasteiger partial charge < -0.3 is 9.73 Å². The Kier molecular flexibility index (Phi) is 6.85. The lowest BCUT2D eigenvalue weighted by atomic mass is 10.2. The van der Waals surface area contributed by atoms with Gasteiger partial charge in [0.1, 0.15) is 0 Å². The number of rotatable bonds is 8. The molecule has 3 aromatic rings. The van der Waals surface area contributed by atoms with Crippen LogP contribution in [0.25, 0.3) is 11.6 Å². The molecule has 0 fully saturated rings. The Morgan fingerprint density at radius 1 is 1.24 bits per heavy atom. The predicted octanol–water partition coefficient (Wildman–Crippen LogP) is 3.23. The molecule has 1 aromatic carbocycles. The summed E-state index contributed by atoms with van der Waals surface area (Å²) in [4.78, 5) is 24.4. The van der Waals surface area contributed by atoms with Crippen molar-refractivity contribution < 1.29 is 14.0 Å². The fraction of sp³-hybridized carbons (Fsp3) is 0.200. The highest BCUT2D eigenvalue weighted by Gasteiger charge is 2.22. The minimum atomic E-state index is -0.560. The Hall–Kier alpha value is -3.33. The van der Waals surface area contributed by atoms with Crippen molar-refractivity contribution in [1.82, 2.24) is 25.4 Å². The van der Waals surface area contributed by atoms with Crippen LogP contribution in [-0.2, 0) is 17.9 Å². The molecule has 0 saturated heterocycles. The van der Waals surface area contributed by atoms with Crippen molar-refractivity contribution in [3.8, 4) is 11.6 Å². The fourth-order valence-corrected chi connectivity index (χ4v) is 3.36. The van der Waals surface area contributed by atoms with Gasteiger partial charge in [-0.25, -0.2) is 4.79 Å². The zero-order valence-electron chi connectivity index (χ0n) is 15.9. The summed E-state index contributed by atoms with van der Waals surface area (Å²) in [5.74, 6) is 0.697. The van der Waals surface area contributed by atoms with Crippen molar-refractivity contribution >= 4 is 23.7 Å². The van der Waals surface area contributed by atoms with Crippen molar-refractivity contribution in [2.24, 2.45) is 0 Å². The van der Waals surface area contributed by atoms with Crippen molar-refractivity contribution in [2.75, 3.05) is 0 Å². The van der Waals surface area contributed by atoms with Gasteiger partial charge in [-0.1, -0.05) is 48.2 Å². The second kappa shape index (κ2) is 9.74. The summed E-state index contributed by atoms with van der Waals surface area (Å²) >= 11 is 1.20. The van der Waals surface area contributed by atoms with E-state index in [-0.39, 0.29) is 0 Å². The van der Waals surface area contributed by atoms with Crippen LogP contribution in [0, 0.1) is 0 Å². The average Bonchev–Trinajstić information content (AvgIpc) is 3.38. The quantitative estimate of drug-likeness (QED) is 0.436. The minimum Gasteiger partial charge on any atom is -0.461 e. The number of amides is 3. The van der Waals surface area contributed by atoms with Gasteiger partial charge in [-0.3, -0.25) is 14.7 Å². The first-order valence-corrected chi connectivity index (χ1v) is 9.83. The smallest absolute Gasteiger partial charge is 0.321 e. The van der Waals surface area contributed by atoms with Crippen LogP contribution in [-0.4, -0.2) is 32.0 Å². The van der Waals surface area contributed by atoms with E-state index in [4.69, 9.17) is 4.42 Å². The summed E-state index contributed by atoms with van der Waals surface area (Å²) in [5.41, 5.74) is 0.945.